The van der Waals surface area contributed by atoms with Gasteiger partial charge in [-0.05, 0) is 55.8 Å². The van der Waals surface area contributed by atoms with E-state index in [-0.39, 0.29) is 17.9 Å². The van der Waals surface area contributed by atoms with Gasteiger partial charge in [0.15, 0.2) is 0 Å². The second-order valence-corrected chi connectivity index (χ2v) is 9.02. The molecule has 2 N–H and O–H groups in total. The lowest BCUT2D eigenvalue weighted by molar-refractivity contribution is 0.0109. The van der Waals surface area contributed by atoms with Crippen molar-refractivity contribution in [2.45, 2.75) is 37.3 Å². The molecule has 7 heteroatoms. The Labute approximate surface area is 182 Å². The number of aliphatic hydroxyl groups is 2. The van der Waals surface area contributed by atoms with Crippen LogP contribution in [0.4, 0.5) is 0 Å². The fraction of sp³-hybridized carbons (Fsp3) is 0.522. The van der Waals surface area contributed by atoms with Gasteiger partial charge in [0.2, 0.25) is 5.88 Å². The molecule has 1 aromatic heterocycles. The van der Waals surface area contributed by atoms with Crippen LogP contribution in [0, 0.1) is 5.92 Å². The molecule has 0 saturated carbocycles. The van der Waals surface area contributed by atoms with Gasteiger partial charge in [-0.15, -0.1) is 0 Å². The van der Waals surface area contributed by atoms with Crippen molar-refractivity contribution in [3.05, 3.63) is 52.2 Å². The number of rotatable bonds is 6. The number of nitrogens with zero attached hydrogens (tertiary/aromatic N) is 2. The maximum absolute atomic E-state index is 9.78. The number of aliphatic hydroxyl groups excluding tert-OH is 2. The summed E-state index contributed by atoms with van der Waals surface area (Å²) in [6, 6.07) is 8.39. The highest BCUT2D eigenvalue weighted by molar-refractivity contribution is 6.31. The zero-order valence-electron chi connectivity index (χ0n) is 17.6. The van der Waals surface area contributed by atoms with Crippen molar-refractivity contribution in [3.63, 3.8) is 0 Å². The summed E-state index contributed by atoms with van der Waals surface area (Å²) in [6.45, 7) is 3.49. The average molecular weight is 433 g/mol. The third-order valence-corrected chi connectivity index (χ3v) is 7.25. The van der Waals surface area contributed by atoms with Crippen LogP contribution in [0.1, 0.15) is 36.1 Å². The molecule has 2 heterocycles. The van der Waals surface area contributed by atoms with Crippen molar-refractivity contribution in [1.82, 2.24) is 9.88 Å². The molecule has 162 valence electrons. The van der Waals surface area contributed by atoms with Crippen LogP contribution < -0.4 is 9.47 Å². The second kappa shape index (κ2) is 8.35. The number of benzene rings is 1. The highest BCUT2D eigenvalue weighted by atomic mass is 35.5. The first-order valence-corrected chi connectivity index (χ1v) is 10.7. The number of likely N-dealkylation sites (tertiary alicyclic amines) is 1. The second-order valence-electron chi connectivity index (χ2n) is 8.61. The standard InChI is InChI=1S/C23H29ClN2O4/c1-23-6-7-26(2)20(9-14-4-5-16(29-3)10-17(14)23)18(23)13-30-22-19(24)8-15(11-25-22)21(28)12-27/h4-5,8,10-11,18,20-21,27-28H,6-7,9,12-13H2,1-3H3. The molecule has 4 rings (SSSR count). The van der Waals surface area contributed by atoms with E-state index >= 15 is 0 Å². The Morgan fingerprint density at radius 3 is 2.87 bits per heavy atom. The molecule has 0 spiro atoms. The molecule has 4 unspecified atom stereocenters. The van der Waals surface area contributed by atoms with Gasteiger partial charge < -0.3 is 24.6 Å². The van der Waals surface area contributed by atoms with Crippen LogP contribution in [-0.2, 0) is 11.8 Å². The van der Waals surface area contributed by atoms with Crippen LogP contribution >= 0.6 is 11.6 Å². The number of piperidine rings is 1. The van der Waals surface area contributed by atoms with Gasteiger partial charge >= 0.3 is 0 Å². The van der Waals surface area contributed by atoms with E-state index in [9.17, 15) is 5.11 Å². The molecule has 1 aromatic carbocycles. The molecule has 6 nitrogen and oxygen atoms in total. The van der Waals surface area contributed by atoms with E-state index in [1.807, 2.05) is 6.07 Å². The number of aromatic nitrogens is 1. The van der Waals surface area contributed by atoms with Gasteiger partial charge in [-0.1, -0.05) is 24.6 Å². The number of likely N-dealkylation sites (N-methyl/N-ethyl adjacent to an activating group) is 1. The Morgan fingerprint density at radius 2 is 2.17 bits per heavy atom. The van der Waals surface area contributed by atoms with Crippen molar-refractivity contribution in [1.29, 1.82) is 0 Å². The van der Waals surface area contributed by atoms with Crippen LogP contribution in [0.25, 0.3) is 0 Å². The van der Waals surface area contributed by atoms with Crippen molar-refractivity contribution in [3.8, 4) is 11.6 Å². The summed E-state index contributed by atoms with van der Waals surface area (Å²) in [5, 5.41) is 19.2. The molecule has 1 aliphatic carbocycles. The fourth-order valence-electron chi connectivity index (χ4n) is 5.04. The minimum absolute atomic E-state index is 0.0290. The van der Waals surface area contributed by atoms with Crippen molar-refractivity contribution < 1.29 is 19.7 Å². The predicted molar refractivity (Wildman–Crippen MR) is 115 cm³/mol. The van der Waals surface area contributed by atoms with Crippen LogP contribution in [0.2, 0.25) is 5.02 Å². The third-order valence-electron chi connectivity index (χ3n) is 6.98. The molecule has 30 heavy (non-hydrogen) atoms. The zero-order valence-corrected chi connectivity index (χ0v) is 18.4. The number of hydrogen-bond acceptors (Lipinski definition) is 6. The number of hydrogen-bond donors (Lipinski definition) is 2. The number of ether oxygens (including phenoxy) is 2. The highest BCUT2D eigenvalue weighted by Crippen LogP contribution is 2.49. The minimum atomic E-state index is -0.999. The minimum Gasteiger partial charge on any atom is -0.497 e. The Balaban J connectivity index is 1.60. The molecule has 1 fully saturated rings. The Kier molecular flexibility index (Phi) is 5.95. The van der Waals surface area contributed by atoms with Gasteiger partial charge in [0, 0.05) is 29.1 Å². The molecule has 1 saturated heterocycles. The first-order chi connectivity index (χ1) is 14.4. The van der Waals surface area contributed by atoms with Crippen LogP contribution in [-0.4, -0.2) is 60.1 Å². The summed E-state index contributed by atoms with van der Waals surface area (Å²) in [4.78, 5) is 6.71. The van der Waals surface area contributed by atoms with E-state index in [0.29, 0.717) is 29.1 Å². The first kappa shape index (κ1) is 21.4. The smallest absolute Gasteiger partial charge is 0.232 e. The lowest BCUT2D eigenvalue weighted by atomic mass is 9.58. The van der Waals surface area contributed by atoms with E-state index in [1.165, 1.54) is 17.3 Å². The first-order valence-electron chi connectivity index (χ1n) is 10.3. The van der Waals surface area contributed by atoms with E-state index in [4.69, 9.17) is 26.2 Å². The van der Waals surface area contributed by atoms with E-state index in [2.05, 4.69) is 36.0 Å². The largest absolute Gasteiger partial charge is 0.497 e. The lowest BCUT2D eigenvalue weighted by Gasteiger charge is -2.54. The highest BCUT2D eigenvalue weighted by Gasteiger charge is 2.50. The van der Waals surface area contributed by atoms with Gasteiger partial charge in [-0.3, -0.25) is 0 Å². The van der Waals surface area contributed by atoms with Gasteiger partial charge in [0.25, 0.3) is 0 Å². The van der Waals surface area contributed by atoms with E-state index in [1.54, 1.807) is 13.2 Å². The molecular weight excluding hydrogens is 404 g/mol. The Morgan fingerprint density at radius 1 is 1.37 bits per heavy atom. The summed E-state index contributed by atoms with van der Waals surface area (Å²) in [5.41, 5.74) is 3.17. The maximum Gasteiger partial charge on any atom is 0.232 e. The van der Waals surface area contributed by atoms with Gasteiger partial charge in [-0.25, -0.2) is 4.98 Å². The van der Waals surface area contributed by atoms with Gasteiger partial charge in [0.05, 0.1) is 20.3 Å². The quantitative estimate of drug-likeness (QED) is 0.731. The molecule has 2 aliphatic rings. The molecular formula is C23H29ClN2O4. The van der Waals surface area contributed by atoms with Crippen molar-refractivity contribution in [2.75, 3.05) is 33.9 Å². The lowest BCUT2D eigenvalue weighted by Crippen LogP contribution is -2.59. The Hall–Kier alpha value is -1.86. The number of fused-ring (bicyclic) bond motifs is 4. The summed E-state index contributed by atoms with van der Waals surface area (Å²) >= 11 is 6.35. The summed E-state index contributed by atoms with van der Waals surface area (Å²) in [6.07, 6.45) is 2.51. The summed E-state index contributed by atoms with van der Waals surface area (Å²) in [5.74, 6) is 1.51. The van der Waals surface area contributed by atoms with E-state index in [0.717, 1.165) is 25.1 Å². The van der Waals surface area contributed by atoms with E-state index < -0.39 is 6.10 Å². The molecule has 0 amide bonds. The number of halogens is 1. The third kappa shape index (κ3) is 3.66. The molecule has 4 atom stereocenters. The maximum atomic E-state index is 9.78. The average Bonchev–Trinajstić information content (AvgIpc) is 2.75. The predicted octanol–water partition coefficient (Wildman–Crippen LogP) is 2.98. The Bertz CT molecular complexity index is 924. The van der Waals surface area contributed by atoms with Crippen molar-refractivity contribution >= 4 is 11.6 Å². The van der Waals surface area contributed by atoms with Crippen LogP contribution in [0.5, 0.6) is 11.6 Å². The topological polar surface area (TPSA) is 75.1 Å². The number of methoxy groups -OCH3 is 1. The molecule has 1 aliphatic heterocycles. The zero-order chi connectivity index (χ0) is 21.5. The molecule has 2 bridgehead atoms. The summed E-state index contributed by atoms with van der Waals surface area (Å²) in [7, 11) is 3.89. The monoisotopic (exact) mass is 432 g/mol. The van der Waals surface area contributed by atoms with Gasteiger partial charge in [0.1, 0.15) is 16.9 Å². The van der Waals surface area contributed by atoms with Crippen LogP contribution in [0.15, 0.2) is 30.5 Å². The van der Waals surface area contributed by atoms with Crippen LogP contribution in [0.3, 0.4) is 0 Å². The fourth-order valence-corrected chi connectivity index (χ4v) is 5.27. The molecule has 0 radical (unpaired) electrons. The summed E-state index contributed by atoms with van der Waals surface area (Å²) < 4.78 is 11.6. The van der Waals surface area contributed by atoms with Gasteiger partial charge in [-0.2, -0.15) is 0 Å². The normalized spacial score (nSPS) is 26.7. The molecule has 2 aromatic rings. The number of pyridine rings is 1. The SMILES string of the molecule is COc1ccc2c(c1)C1(C)CCN(C)C(C2)C1COc1ncc(C(O)CO)cc1Cl. The van der Waals surface area contributed by atoms with Crippen molar-refractivity contribution in [2.24, 2.45) is 5.92 Å².